The number of hydrogen-bond donors (Lipinski definition) is 3. The average molecular weight is 296 g/mol. The molecule has 0 heterocycles. The first-order chi connectivity index (χ1) is 10.1. The Balaban J connectivity index is 1.67. The Morgan fingerprint density at radius 1 is 1.24 bits per heavy atom. The molecule has 0 aliphatic heterocycles. The van der Waals surface area contributed by atoms with E-state index in [9.17, 15) is 18.7 Å². The van der Waals surface area contributed by atoms with Gasteiger partial charge >= 0.3 is 6.03 Å². The van der Waals surface area contributed by atoms with E-state index < -0.39 is 23.4 Å². The lowest BCUT2D eigenvalue weighted by atomic mass is 9.85. The maximum absolute atomic E-state index is 13.5. The number of aliphatic hydroxyl groups excluding tert-OH is 1. The fourth-order valence-corrected chi connectivity index (χ4v) is 3.82. The Hall–Kier alpha value is -1.69. The van der Waals surface area contributed by atoms with Gasteiger partial charge in [0, 0.05) is 18.6 Å². The molecule has 0 aromatic heterocycles. The van der Waals surface area contributed by atoms with Crippen LogP contribution in [0.25, 0.3) is 0 Å². The van der Waals surface area contributed by atoms with Crippen LogP contribution in [0.4, 0.5) is 19.3 Å². The number of para-hydroxylation sites is 1. The van der Waals surface area contributed by atoms with Crippen LogP contribution in [0.15, 0.2) is 18.2 Å². The lowest BCUT2D eigenvalue weighted by Crippen LogP contribution is -2.47. The topological polar surface area (TPSA) is 61.4 Å². The Kier molecular flexibility index (Phi) is 3.80. The minimum absolute atomic E-state index is 0.0279. The Morgan fingerprint density at radius 3 is 2.57 bits per heavy atom. The molecule has 1 aromatic carbocycles. The molecule has 6 heteroatoms. The van der Waals surface area contributed by atoms with E-state index in [1.807, 2.05) is 0 Å². The van der Waals surface area contributed by atoms with Crippen LogP contribution < -0.4 is 10.6 Å². The molecule has 2 saturated carbocycles. The van der Waals surface area contributed by atoms with Crippen molar-refractivity contribution in [2.75, 3.05) is 11.9 Å². The third-order valence-corrected chi connectivity index (χ3v) is 4.80. The molecule has 114 valence electrons. The highest BCUT2D eigenvalue weighted by molar-refractivity contribution is 5.89. The maximum atomic E-state index is 13.5. The molecule has 2 aliphatic carbocycles. The molecule has 0 spiro atoms. The number of anilines is 1. The molecule has 4 nitrogen and oxygen atoms in total. The van der Waals surface area contributed by atoms with Crippen LogP contribution in [0, 0.1) is 29.4 Å². The number of nitrogens with one attached hydrogen (secondary N) is 2. The van der Waals surface area contributed by atoms with Gasteiger partial charge in [-0.25, -0.2) is 13.6 Å². The Labute approximate surface area is 121 Å². The molecular formula is C15H18F2N2O2. The van der Waals surface area contributed by atoms with Gasteiger partial charge in [-0.15, -0.1) is 0 Å². The first kappa shape index (κ1) is 14.3. The summed E-state index contributed by atoms with van der Waals surface area (Å²) in [5.41, 5.74) is -0.446. The van der Waals surface area contributed by atoms with Crippen LogP contribution >= 0.6 is 0 Å². The quantitative estimate of drug-likeness (QED) is 0.802. The van der Waals surface area contributed by atoms with Crippen LogP contribution in [0.3, 0.4) is 0 Å². The van der Waals surface area contributed by atoms with Crippen LogP contribution in [0.2, 0.25) is 0 Å². The molecule has 4 atom stereocenters. The van der Waals surface area contributed by atoms with Gasteiger partial charge in [-0.05, 0) is 43.2 Å². The molecule has 0 radical (unpaired) electrons. The standard InChI is InChI=1S/C15H18F2N2O2/c16-11-2-1-3-12(17)14(11)19-15(21)18-13-9-5-4-8(6-9)10(13)7-20/h1-3,8-10,13,20H,4-7H2,(H2,18,19,21). The second-order valence-electron chi connectivity index (χ2n) is 5.90. The fraction of sp³-hybridized carbons (Fsp3) is 0.533. The number of rotatable bonds is 3. The minimum atomic E-state index is -0.809. The van der Waals surface area contributed by atoms with E-state index in [1.165, 1.54) is 6.07 Å². The third kappa shape index (κ3) is 2.60. The lowest BCUT2D eigenvalue weighted by molar-refractivity contribution is 0.146. The van der Waals surface area contributed by atoms with Crippen molar-refractivity contribution in [3.05, 3.63) is 29.8 Å². The van der Waals surface area contributed by atoms with E-state index in [2.05, 4.69) is 10.6 Å². The number of amides is 2. The predicted octanol–water partition coefficient (Wildman–Crippen LogP) is 2.49. The first-order valence-corrected chi connectivity index (χ1v) is 7.22. The normalized spacial score (nSPS) is 30.4. The van der Waals surface area contributed by atoms with E-state index in [4.69, 9.17) is 0 Å². The zero-order valence-corrected chi connectivity index (χ0v) is 11.5. The minimum Gasteiger partial charge on any atom is -0.396 e. The first-order valence-electron chi connectivity index (χ1n) is 7.22. The molecule has 3 rings (SSSR count). The molecular weight excluding hydrogens is 278 g/mol. The van der Waals surface area contributed by atoms with Crippen molar-refractivity contribution in [2.24, 2.45) is 17.8 Å². The van der Waals surface area contributed by atoms with Crippen molar-refractivity contribution in [1.82, 2.24) is 5.32 Å². The molecule has 2 aliphatic rings. The Bertz CT molecular complexity index is 532. The number of hydrogen-bond acceptors (Lipinski definition) is 2. The summed E-state index contributed by atoms with van der Waals surface area (Å²) in [5, 5.41) is 14.5. The summed E-state index contributed by atoms with van der Waals surface area (Å²) in [6.07, 6.45) is 3.11. The summed E-state index contributed by atoms with van der Waals surface area (Å²) in [6.45, 7) is 0.0279. The van der Waals surface area contributed by atoms with E-state index in [-0.39, 0.29) is 18.6 Å². The van der Waals surface area contributed by atoms with Crippen LogP contribution in [-0.2, 0) is 0 Å². The smallest absolute Gasteiger partial charge is 0.319 e. The number of urea groups is 1. The van der Waals surface area contributed by atoms with Crippen LogP contribution in [0.1, 0.15) is 19.3 Å². The van der Waals surface area contributed by atoms with Gasteiger partial charge in [0.2, 0.25) is 0 Å². The largest absolute Gasteiger partial charge is 0.396 e. The number of aliphatic hydroxyl groups is 1. The number of fused-ring (bicyclic) bond motifs is 2. The van der Waals surface area contributed by atoms with Crippen molar-refractivity contribution in [3.63, 3.8) is 0 Å². The summed E-state index contributed by atoms with van der Waals surface area (Å²) in [4.78, 5) is 12.0. The third-order valence-electron chi connectivity index (χ3n) is 4.80. The van der Waals surface area contributed by atoms with Gasteiger partial charge < -0.3 is 15.7 Å². The monoisotopic (exact) mass is 296 g/mol. The number of carbonyl (C=O) groups is 1. The van der Waals surface area contributed by atoms with Gasteiger partial charge in [0.1, 0.15) is 17.3 Å². The highest BCUT2D eigenvalue weighted by Gasteiger charge is 2.47. The summed E-state index contributed by atoms with van der Waals surface area (Å²) in [7, 11) is 0. The zero-order chi connectivity index (χ0) is 15.0. The highest BCUT2D eigenvalue weighted by atomic mass is 19.1. The molecule has 2 amide bonds. The van der Waals surface area contributed by atoms with E-state index in [0.29, 0.717) is 11.8 Å². The summed E-state index contributed by atoms with van der Waals surface area (Å²) < 4.78 is 27.0. The molecule has 2 bridgehead atoms. The predicted molar refractivity (Wildman–Crippen MR) is 73.7 cm³/mol. The van der Waals surface area contributed by atoms with E-state index >= 15 is 0 Å². The van der Waals surface area contributed by atoms with E-state index in [0.717, 1.165) is 31.4 Å². The van der Waals surface area contributed by atoms with Crippen molar-refractivity contribution in [2.45, 2.75) is 25.3 Å². The van der Waals surface area contributed by atoms with Crippen molar-refractivity contribution in [1.29, 1.82) is 0 Å². The van der Waals surface area contributed by atoms with Crippen LogP contribution in [0.5, 0.6) is 0 Å². The number of halogens is 2. The second-order valence-corrected chi connectivity index (χ2v) is 5.90. The highest BCUT2D eigenvalue weighted by Crippen LogP contribution is 2.48. The summed E-state index contributed by atoms with van der Waals surface area (Å²) in [6, 6.07) is 2.67. The van der Waals surface area contributed by atoms with Gasteiger partial charge in [0.05, 0.1) is 0 Å². The molecule has 21 heavy (non-hydrogen) atoms. The molecule has 2 fully saturated rings. The van der Waals surface area contributed by atoms with Gasteiger partial charge in [-0.3, -0.25) is 0 Å². The zero-order valence-electron chi connectivity index (χ0n) is 11.5. The summed E-state index contributed by atoms with van der Waals surface area (Å²) in [5.74, 6) is -0.785. The molecule has 0 saturated heterocycles. The molecule has 4 unspecified atom stereocenters. The number of benzene rings is 1. The van der Waals surface area contributed by atoms with Crippen molar-refractivity contribution >= 4 is 11.7 Å². The number of carbonyl (C=O) groups excluding carboxylic acids is 1. The fourth-order valence-electron chi connectivity index (χ4n) is 3.82. The van der Waals surface area contributed by atoms with Gasteiger partial charge in [-0.1, -0.05) is 6.07 Å². The molecule has 1 aromatic rings. The van der Waals surface area contributed by atoms with E-state index in [1.54, 1.807) is 0 Å². The van der Waals surface area contributed by atoms with Gasteiger partial charge in [-0.2, -0.15) is 0 Å². The van der Waals surface area contributed by atoms with Crippen molar-refractivity contribution < 1.29 is 18.7 Å². The Morgan fingerprint density at radius 2 is 1.90 bits per heavy atom. The second kappa shape index (κ2) is 5.60. The summed E-state index contributed by atoms with van der Waals surface area (Å²) >= 11 is 0. The van der Waals surface area contributed by atoms with Crippen LogP contribution in [-0.4, -0.2) is 23.8 Å². The van der Waals surface area contributed by atoms with Crippen molar-refractivity contribution in [3.8, 4) is 0 Å². The van der Waals surface area contributed by atoms with Gasteiger partial charge in [0.25, 0.3) is 0 Å². The molecule has 3 N–H and O–H groups in total. The lowest BCUT2D eigenvalue weighted by Gasteiger charge is -2.30. The average Bonchev–Trinajstić information content (AvgIpc) is 3.04. The SMILES string of the molecule is O=C(Nc1c(F)cccc1F)NC1C2CCC(C2)C1CO. The van der Waals surface area contributed by atoms with Gasteiger partial charge in [0.15, 0.2) is 0 Å². The maximum Gasteiger partial charge on any atom is 0.319 e.